The molecule has 0 aliphatic carbocycles. The van der Waals surface area contributed by atoms with Crippen LogP contribution in [0, 0.1) is 11.3 Å². The van der Waals surface area contributed by atoms with Gasteiger partial charge in [-0.05, 0) is 42.0 Å². The van der Waals surface area contributed by atoms with E-state index in [1.54, 1.807) is 24.3 Å². The van der Waals surface area contributed by atoms with Crippen LogP contribution in [-0.4, -0.2) is 24.9 Å². The van der Waals surface area contributed by atoms with Crippen LogP contribution in [0.4, 0.5) is 5.69 Å². The number of benzene rings is 3. The Balaban J connectivity index is 1.31. The number of nitrogens with one attached hydrogen (secondary N) is 1. The maximum Gasteiger partial charge on any atom is 0.224 e. The van der Waals surface area contributed by atoms with Crippen molar-refractivity contribution in [1.82, 2.24) is 0 Å². The fourth-order valence-corrected chi connectivity index (χ4v) is 3.52. The van der Waals surface area contributed by atoms with Crippen LogP contribution in [0.5, 0.6) is 17.2 Å². The van der Waals surface area contributed by atoms with Gasteiger partial charge in [-0.25, -0.2) is 0 Å². The number of hydrogen-bond donors (Lipinski definition) is 1. The Kier molecular flexibility index (Phi) is 7.41. The van der Waals surface area contributed by atoms with E-state index in [0.717, 1.165) is 11.1 Å². The van der Waals surface area contributed by atoms with Crippen molar-refractivity contribution in [3.05, 3.63) is 83.4 Å². The molecule has 1 heterocycles. The molecule has 0 unspecified atom stereocenters. The van der Waals surface area contributed by atoms with Crippen molar-refractivity contribution in [2.24, 2.45) is 0 Å². The molecule has 0 radical (unpaired) electrons. The number of ether oxygens (including phenoxy) is 3. The van der Waals surface area contributed by atoms with Gasteiger partial charge in [0.25, 0.3) is 0 Å². The van der Waals surface area contributed by atoms with Crippen LogP contribution < -0.4 is 19.5 Å². The molecule has 1 aliphatic rings. The number of ketones is 1. The molecule has 1 N–H and O–H groups in total. The largest absolute Gasteiger partial charge is 0.489 e. The number of carbonyl (C=O) groups excluding carboxylic acids is 2. The molecular formula is C27H24N2O5. The molecule has 0 aromatic heterocycles. The first-order valence-corrected chi connectivity index (χ1v) is 11.0. The molecule has 3 aromatic rings. The highest BCUT2D eigenvalue weighted by Crippen LogP contribution is 2.31. The number of hydrogen-bond acceptors (Lipinski definition) is 6. The molecule has 0 saturated carbocycles. The van der Waals surface area contributed by atoms with Gasteiger partial charge >= 0.3 is 0 Å². The maximum atomic E-state index is 12.6. The highest BCUT2D eigenvalue weighted by atomic mass is 16.6. The molecule has 0 saturated heterocycles. The monoisotopic (exact) mass is 456 g/mol. The van der Waals surface area contributed by atoms with Gasteiger partial charge in [-0.3, -0.25) is 9.59 Å². The number of carbonyl (C=O) groups is 2. The molecule has 1 aliphatic heterocycles. The second kappa shape index (κ2) is 11.0. The molecule has 0 atom stereocenters. The zero-order valence-corrected chi connectivity index (χ0v) is 18.6. The number of Topliss-reactive ketones (excluding diaryl/α,β-unsaturated/α-hetero) is 1. The van der Waals surface area contributed by atoms with Crippen molar-refractivity contribution in [2.45, 2.75) is 25.9 Å². The molecule has 1 amide bonds. The Bertz CT molecular complexity index is 1210. The van der Waals surface area contributed by atoms with Crippen LogP contribution in [0.3, 0.4) is 0 Å². The summed E-state index contributed by atoms with van der Waals surface area (Å²) < 4.78 is 16.8. The third-order valence-electron chi connectivity index (χ3n) is 5.34. The summed E-state index contributed by atoms with van der Waals surface area (Å²) in [5.41, 5.74) is 2.87. The Labute approximate surface area is 197 Å². The number of nitriles is 1. The fraction of sp³-hybridized carbons (Fsp3) is 0.222. The second-order valence-corrected chi connectivity index (χ2v) is 7.75. The predicted octanol–water partition coefficient (Wildman–Crippen LogP) is 4.70. The number of para-hydroxylation sites is 1. The summed E-state index contributed by atoms with van der Waals surface area (Å²) >= 11 is 0. The van der Waals surface area contributed by atoms with Crippen LogP contribution in [-0.2, 0) is 17.8 Å². The fourth-order valence-electron chi connectivity index (χ4n) is 3.52. The quantitative estimate of drug-likeness (QED) is 0.469. The van der Waals surface area contributed by atoms with Gasteiger partial charge < -0.3 is 19.5 Å². The normalized spacial score (nSPS) is 11.9. The van der Waals surface area contributed by atoms with Crippen molar-refractivity contribution in [1.29, 1.82) is 5.26 Å². The zero-order valence-electron chi connectivity index (χ0n) is 18.6. The van der Waals surface area contributed by atoms with Crippen LogP contribution >= 0.6 is 0 Å². The van der Waals surface area contributed by atoms with E-state index < -0.39 is 0 Å². The Morgan fingerprint density at radius 2 is 1.71 bits per heavy atom. The summed E-state index contributed by atoms with van der Waals surface area (Å²) in [6, 6.07) is 21.9. The van der Waals surface area contributed by atoms with Crippen molar-refractivity contribution in [2.75, 3.05) is 18.5 Å². The molecule has 172 valence electrons. The summed E-state index contributed by atoms with van der Waals surface area (Å²) in [6.07, 6.45) is 0.494. The van der Waals surface area contributed by atoms with E-state index in [9.17, 15) is 9.59 Å². The van der Waals surface area contributed by atoms with Crippen molar-refractivity contribution in [3.8, 4) is 23.3 Å². The van der Waals surface area contributed by atoms with Crippen molar-refractivity contribution in [3.63, 3.8) is 0 Å². The van der Waals surface area contributed by atoms with Crippen LogP contribution in [0.25, 0.3) is 0 Å². The summed E-state index contributed by atoms with van der Waals surface area (Å²) in [5, 5.41) is 11.6. The molecule has 4 rings (SSSR count). The van der Waals surface area contributed by atoms with Gasteiger partial charge in [0, 0.05) is 29.7 Å². The van der Waals surface area contributed by atoms with E-state index in [1.807, 2.05) is 42.5 Å². The first-order chi connectivity index (χ1) is 16.6. The number of amides is 1. The molecule has 34 heavy (non-hydrogen) atoms. The molecular weight excluding hydrogens is 432 g/mol. The van der Waals surface area contributed by atoms with Gasteiger partial charge in [-0.1, -0.05) is 30.3 Å². The number of nitrogens with zero attached hydrogens (tertiary/aromatic N) is 1. The lowest BCUT2D eigenvalue weighted by molar-refractivity contribution is -0.116. The summed E-state index contributed by atoms with van der Waals surface area (Å²) in [4.78, 5) is 25.1. The van der Waals surface area contributed by atoms with E-state index in [-0.39, 0.29) is 31.1 Å². The highest BCUT2D eigenvalue weighted by molar-refractivity contribution is 6.00. The SMILES string of the molecule is N#CCc1ccc(OCc2ccccc2NC(=O)CCC(=O)c2ccc3c(c2)OCCO3)cc1. The number of anilines is 1. The average Bonchev–Trinajstić information content (AvgIpc) is 2.87. The van der Waals surface area contributed by atoms with Gasteiger partial charge in [-0.15, -0.1) is 0 Å². The maximum absolute atomic E-state index is 12.6. The van der Waals surface area contributed by atoms with E-state index in [4.69, 9.17) is 19.5 Å². The van der Waals surface area contributed by atoms with Gasteiger partial charge in [0.15, 0.2) is 17.3 Å². The van der Waals surface area contributed by atoms with Gasteiger partial charge in [0.2, 0.25) is 5.91 Å². The Morgan fingerprint density at radius 1 is 0.941 bits per heavy atom. The lowest BCUT2D eigenvalue weighted by Gasteiger charge is -2.18. The van der Waals surface area contributed by atoms with Crippen molar-refractivity contribution >= 4 is 17.4 Å². The molecule has 3 aromatic carbocycles. The Hall–Kier alpha value is -4.31. The van der Waals surface area contributed by atoms with Gasteiger partial charge in [-0.2, -0.15) is 5.26 Å². The van der Waals surface area contributed by atoms with Crippen LogP contribution in [0.2, 0.25) is 0 Å². The molecule has 0 fully saturated rings. The van der Waals surface area contributed by atoms with E-state index in [1.165, 1.54) is 0 Å². The number of fused-ring (bicyclic) bond motifs is 1. The Morgan fingerprint density at radius 3 is 2.50 bits per heavy atom. The summed E-state index contributed by atoms with van der Waals surface area (Å²) in [6.45, 7) is 1.20. The van der Waals surface area contributed by atoms with Crippen LogP contribution in [0.1, 0.15) is 34.3 Å². The van der Waals surface area contributed by atoms with Gasteiger partial charge in [0.1, 0.15) is 25.6 Å². The standard InChI is InChI=1S/C27H24N2O5/c28-14-13-19-5-8-22(9-6-19)34-18-21-3-1-2-4-23(21)29-27(31)12-10-24(30)20-7-11-25-26(17-20)33-16-15-32-25/h1-9,11,17H,10,12-13,15-16,18H2,(H,29,31). The van der Waals surface area contributed by atoms with Crippen LogP contribution in [0.15, 0.2) is 66.7 Å². The molecule has 0 spiro atoms. The lowest BCUT2D eigenvalue weighted by Crippen LogP contribution is -2.17. The first kappa shape index (κ1) is 22.9. The smallest absolute Gasteiger partial charge is 0.224 e. The second-order valence-electron chi connectivity index (χ2n) is 7.75. The average molecular weight is 456 g/mol. The van der Waals surface area contributed by atoms with Crippen molar-refractivity contribution < 1.29 is 23.8 Å². The predicted molar refractivity (Wildman–Crippen MR) is 126 cm³/mol. The molecule has 7 heteroatoms. The minimum atomic E-state index is -0.251. The molecule has 0 bridgehead atoms. The first-order valence-electron chi connectivity index (χ1n) is 11.0. The third kappa shape index (κ3) is 5.93. The minimum absolute atomic E-state index is 0.0584. The van der Waals surface area contributed by atoms with Gasteiger partial charge in [0.05, 0.1) is 12.5 Å². The summed E-state index contributed by atoms with van der Waals surface area (Å²) in [5.74, 6) is 1.46. The highest BCUT2D eigenvalue weighted by Gasteiger charge is 2.16. The van der Waals surface area contributed by atoms with E-state index in [2.05, 4.69) is 11.4 Å². The zero-order chi connectivity index (χ0) is 23.8. The summed E-state index contributed by atoms with van der Waals surface area (Å²) in [7, 11) is 0. The van der Waals surface area contributed by atoms with E-state index >= 15 is 0 Å². The lowest BCUT2D eigenvalue weighted by atomic mass is 10.1. The topological polar surface area (TPSA) is 97.7 Å². The molecule has 7 nitrogen and oxygen atoms in total. The minimum Gasteiger partial charge on any atom is -0.489 e. The number of rotatable bonds is 9. The third-order valence-corrected chi connectivity index (χ3v) is 5.34. The van der Waals surface area contributed by atoms with E-state index in [0.29, 0.717) is 48.1 Å².